The van der Waals surface area contributed by atoms with Gasteiger partial charge in [-0.05, 0) is 17.7 Å². The Morgan fingerprint density at radius 3 is 2.64 bits per heavy atom. The molecule has 0 bridgehead atoms. The van der Waals surface area contributed by atoms with Gasteiger partial charge in [0.25, 0.3) is 0 Å². The molecule has 0 unspecified atom stereocenters. The molecule has 0 amide bonds. The van der Waals surface area contributed by atoms with Crippen LogP contribution >= 0.6 is 23.2 Å². The fourth-order valence-corrected chi connectivity index (χ4v) is 1.29. The van der Waals surface area contributed by atoms with Crippen molar-refractivity contribution in [2.24, 2.45) is 0 Å². The molecular weight excluding hydrogens is 181 g/mol. The third-order valence-electron chi connectivity index (χ3n) is 1.34. The van der Waals surface area contributed by atoms with Crippen molar-refractivity contribution in [2.45, 2.75) is 6.54 Å². The Morgan fingerprint density at radius 1 is 1.36 bits per heavy atom. The Balaban J connectivity index is 2.90. The number of rotatable bonds is 2. The van der Waals surface area contributed by atoms with Gasteiger partial charge in [-0.25, -0.2) is 0 Å². The molecule has 0 aromatic heterocycles. The summed E-state index contributed by atoms with van der Waals surface area (Å²) in [5.74, 6) is 0. The van der Waals surface area contributed by atoms with Crippen molar-refractivity contribution in [1.29, 1.82) is 0 Å². The number of nitrogens with zero attached hydrogens (tertiary/aromatic N) is 1. The Bertz CT molecular complexity index is 248. The van der Waals surface area contributed by atoms with Crippen LogP contribution in [0, 0.1) is 0 Å². The van der Waals surface area contributed by atoms with Crippen molar-refractivity contribution in [2.75, 3.05) is 7.05 Å². The van der Waals surface area contributed by atoms with Crippen LogP contribution in [0.2, 0.25) is 10.0 Å². The first-order chi connectivity index (χ1) is 5.24. The molecule has 0 saturated carbocycles. The smallest absolute Gasteiger partial charge is 0.0435 e. The molecule has 11 heavy (non-hydrogen) atoms. The average molecular weight is 189 g/mol. The minimum Gasteiger partial charge on any atom is -0.661 e. The first-order valence-electron chi connectivity index (χ1n) is 3.23. The predicted molar refractivity (Wildman–Crippen MR) is 49.4 cm³/mol. The van der Waals surface area contributed by atoms with E-state index in [-0.39, 0.29) is 0 Å². The monoisotopic (exact) mass is 188 g/mol. The van der Waals surface area contributed by atoms with E-state index in [0.717, 1.165) is 5.56 Å². The second-order valence-electron chi connectivity index (χ2n) is 2.21. The molecule has 0 saturated heterocycles. The molecule has 3 heteroatoms. The summed E-state index contributed by atoms with van der Waals surface area (Å²) in [6, 6.07) is 5.43. The Kier molecular flexibility index (Phi) is 3.18. The summed E-state index contributed by atoms with van der Waals surface area (Å²) in [6.45, 7) is 0.649. The summed E-state index contributed by atoms with van der Waals surface area (Å²) < 4.78 is 0. The van der Waals surface area contributed by atoms with E-state index in [0.29, 0.717) is 16.6 Å². The second-order valence-corrected chi connectivity index (χ2v) is 3.05. The lowest BCUT2D eigenvalue weighted by molar-refractivity contribution is 1.19. The number of halogens is 2. The Hall–Kier alpha value is -0.240. The molecule has 0 aliphatic carbocycles. The highest BCUT2D eigenvalue weighted by Gasteiger charge is 1.95. The zero-order chi connectivity index (χ0) is 8.27. The number of benzene rings is 1. The van der Waals surface area contributed by atoms with Crippen LogP contribution in [-0.4, -0.2) is 7.05 Å². The molecule has 60 valence electrons. The zero-order valence-corrected chi connectivity index (χ0v) is 7.65. The van der Waals surface area contributed by atoms with Crippen LogP contribution in [0.25, 0.3) is 5.32 Å². The lowest BCUT2D eigenvalue weighted by Gasteiger charge is -2.12. The molecule has 0 radical (unpaired) electrons. The van der Waals surface area contributed by atoms with Crippen LogP contribution in [-0.2, 0) is 6.54 Å². The molecule has 0 fully saturated rings. The minimum atomic E-state index is 0.649. The normalized spacial score (nSPS) is 10.1. The third kappa shape index (κ3) is 2.37. The van der Waals surface area contributed by atoms with Gasteiger partial charge in [0, 0.05) is 10.0 Å². The maximum Gasteiger partial charge on any atom is 0.0435 e. The largest absolute Gasteiger partial charge is 0.661 e. The lowest BCUT2D eigenvalue weighted by Crippen LogP contribution is -1.83. The van der Waals surface area contributed by atoms with E-state index in [2.05, 4.69) is 5.32 Å². The summed E-state index contributed by atoms with van der Waals surface area (Å²) in [5.41, 5.74) is 1.01. The molecule has 0 atom stereocenters. The molecule has 1 rings (SSSR count). The van der Waals surface area contributed by atoms with E-state index in [4.69, 9.17) is 23.2 Å². The van der Waals surface area contributed by atoms with Crippen LogP contribution in [0.5, 0.6) is 0 Å². The SMILES string of the molecule is C[N-]Cc1ccc(Cl)cc1Cl. The molecule has 0 aliphatic rings. The predicted octanol–water partition coefficient (Wildman–Crippen LogP) is 3.50. The summed E-state index contributed by atoms with van der Waals surface area (Å²) in [6.07, 6.45) is 0. The highest BCUT2D eigenvalue weighted by atomic mass is 35.5. The van der Waals surface area contributed by atoms with Crippen molar-refractivity contribution in [3.8, 4) is 0 Å². The van der Waals surface area contributed by atoms with Crippen LogP contribution in [0.4, 0.5) is 0 Å². The maximum atomic E-state index is 5.86. The van der Waals surface area contributed by atoms with Gasteiger partial charge >= 0.3 is 0 Å². The highest BCUT2D eigenvalue weighted by molar-refractivity contribution is 6.35. The molecular formula is C8H8Cl2N-. The van der Waals surface area contributed by atoms with Crippen molar-refractivity contribution < 1.29 is 0 Å². The summed E-state index contributed by atoms with van der Waals surface area (Å²) >= 11 is 11.6. The van der Waals surface area contributed by atoms with Crippen molar-refractivity contribution >= 4 is 23.2 Å². The molecule has 0 N–H and O–H groups in total. The van der Waals surface area contributed by atoms with Gasteiger partial charge < -0.3 is 5.32 Å². The Morgan fingerprint density at radius 2 is 2.09 bits per heavy atom. The van der Waals surface area contributed by atoms with Crippen molar-refractivity contribution in [3.63, 3.8) is 0 Å². The van der Waals surface area contributed by atoms with Gasteiger partial charge in [-0.15, -0.1) is 6.54 Å². The summed E-state index contributed by atoms with van der Waals surface area (Å²) in [7, 11) is 1.75. The fraction of sp³-hybridized carbons (Fsp3) is 0.250. The third-order valence-corrected chi connectivity index (χ3v) is 1.93. The zero-order valence-electron chi connectivity index (χ0n) is 6.14. The van der Waals surface area contributed by atoms with Gasteiger partial charge in [-0.1, -0.05) is 29.3 Å². The first-order valence-corrected chi connectivity index (χ1v) is 3.99. The number of hydrogen-bond acceptors (Lipinski definition) is 0. The van der Waals surface area contributed by atoms with E-state index in [1.807, 2.05) is 12.1 Å². The van der Waals surface area contributed by atoms with Gasteiger partial charge in [-0.2, -0.15) is 7.05 Å². The molecule has 1 nitrogen and oxygen atoms in total. The van der Waals surface area contributed by atoms with E-state index < -0.39 is 0 Å². The quantitative estimate of drug-likeness (QED) is 0.675. The van der Waals surface area contributed by atoms with Gasteiger partial charge in [0.1, 0.15) is 0 Å². The van der Waals surface area contributed by atoms with E-state index in [1.54, 1.807) is 13.1 Å². The number of hydrogen-bond donors (Lipinski definition) is 0. The molecule has 1 aromatic rings. The van der Waals surface area contributed by atoms with E-state index >= 15 is 0 Å². The fourth-order valence-electron chi connectivity index (χ4n) is 0.820. The van der Waals surface area contributed by atoms with E-state index in [1.165, 1.54) is 0 Å². The van der Waals surface area contributed by atoms with Gasteiger partial charge in [0.15, 0.2) is 0 Å². The topological polar surface area (TPSA) is 14.1 Å². The summed E-state index contributed by atoms with van der Waals surface area (Å²) in [4.78, 5) is 0. The van der Waals surface area contributed by atoms with Crippen LogP contribution in [0.3, 0.4) is 0 Å². The van der Waals surface area contributed by atoms with Crippen LogP contribution in [0.1, 0.15) is 5.56 Å². The van der Waals surface area contributed by atoms with Gasteiger partial charge in [0.05, 0.1) is 0 Å². The van der Waals surface area contributed by atoms with E-state index in [9.17, 15) is 0 Å². The first kappa shape index (κ1) is 8.85. The van der Waals surface area contributed by atoms with Crippen LogP contribution < -0.4 is 0 Å². The standard InChI is InChI=1S/C8H8Cl2N/c1-11-5-6-2-3-7(9)4-8(6)10/h2-4H,5H2,1H3/q-1. The van der Waals surface area contributed by atoms with Crippen LogP contribution in [0.15, 0.2) is 18.2 Å². The van der Waals surface area contributed by atoms with Gasteiger partial charge in [-0.3, -0.25) is 0 Å². The molecule has 0 heterocycles. The average Bonchev–Trinajstić information content (AvgIpc) is 1.95. The van der Waals surface area contributed by atoms with Gasteiger partial charge in [0.2, 0.25) is 0 Å². The highest BCUT2D eigenvalue weighted by Crippen LogP contribution is 2.21. The Labute approximate surface area is 76.3 Å². The van der Waals surface area contributed by atoms with Crippen molar-refractivity contribution in [3.05, 3.63) is 39.1 Å². The van der Waals surface area contributed by atoms with Crippen molar-refractivity contribution in [1.82, 2.24) is 0 Å². The summed E-state index contributed by atoms with van der Waals surface area (Å²) in [5, 5.41) is 5.31. The second kappa shape index (κ2) is 3.96. The maximum absolute atomic E-state index is 5.86. The molecule has 1 aromatic carbocycles. The molecule has 0 aliphatic heterocycles. The molecule has 0 spiro atoms. The lowest BCUT2D eigenvalue weighted by atomic mass is 10.2. The minimum absolute atomic E-state index is 0.649.